The second-order valence-corrected chi connectivity index (χ2v) is 5.00. The highest BCUT2D eigenvalue weighted by Gasteiger charge is 2.56. The van der Waals surface area contributed by atoms with Crippen molar-refractivity contribution in [3.63, 3.8) is 0 Å². The van der Waals surface area contributed by atoms with Crippen molar-refractivity contribution in [1.82, 2.24) is 0 Å². The lowest BCUT2D eigenvalue weighted by atomic mass is 9.74. The van der Waals surface area contributed by atoms with Gasteiger partial charge in [-0.1, -0.05) is 0 Å². The largest absolute Gasteiger partial charge is 0.550 e. The minimum Gasteiger partial charge on any atom is -0.550 e. The summed E-state index contributed by atoms with van der Waals surface area (Å²) >= 11 is 0. The van der Waals surface area contributed by atoms with E-state index in [1.807, 2.05) is 0 Å². The molecule has 21 heavy (non-hydrogen) atoms. The predicted molar refractivity (Wildman–Crippen MR) is 55.1 cm³/mol. The van der Waals surface area contributed by atoms with Crippen molar-refractivity contribution >= 4 is 17.9 Å². The van der Waals surface area contributed by atoms with Gasteiger partial charge in [0, 0.05) is 30.2 Å². The molecule has 1 heterocycles. The Balaban J connectivity index is 3.10. The molecule has 0 aliphatic carbocycles. The van der Waals surface area contributed by atoms with E-state index in [2.05, 4.69) is 0 Å². The zero-order chi connectivity index (χ0) is 16.4. The van der Waals surface area contributed by atoms with Crippen LogP contribution in [0.1, 0.15) is 26.2 Å². The Bertz CT molecular complexity index is 437. The first-order chi connectivity index (χ1) is 9.55. The van der Waals surface area contributed by atoms with Gasteiger partial charge in [0.2, 0.25) is 0 Å². The highest BCUT2D eigenvalue weighted by molar-refractivity contribution is 5.67. The Kier molecular flexibility index (Phi) is 5.21. The third-order valence-corrected chi connectivity index (χ3v) is 3.56. The number of carboxylic acids is 3. The summed E-state index contributed by atoms with van der Waals surface area (Å²) in [4.78, 5) is 31.8. The molecule has 1 fully saturated rings. The minimum atomic E-state index is -3.84. The summed E-state index contributed by atoms with van der Waals surface area (Å²) in [6, 6.07) is 0. The number of halogens is 2. The lowest BCUT2D eigenvalue weighted by molar-refractivity contribution is -0.328. The smallest absolute Gasteiger partial charge is 0.277 e. The van der Waals surface area contributed by atoms with Gasteiger partial charge in [-0.25, -0.2) is 8.78 Å². The molecule has 1 rings (SSSR count). The Hall–Kier alpha value is -1.77. The number of carbonyl (C=O) groups is 3. The lowest BCUT2D eigenvalue weighted by Crippen LogP contribution is -2.58. The summed E-state index contributed by atoms with van der Waals surface area (Å²) in [5.74, 6) is -12.3. The molecule has 0 aromatic heterocycles. The molecule has 0 aromatic rings. The summed E-state index contributed by atoms with van der Waals surface area (Å²) in [5, 5.41) is 31.8. The highest BCUT2D eigenvalue weighted by Crippen LogP contribution is 2.46. The van der Waals surface area contributed by atoms with Gasteiger partial charge < -0.3 is 34.4 Å². The molecule has 0 bridgehead atoms. The number of hydrogen-bond acceptors (Lipinski definition) is 7. The van der Waals surface area contributed by atoms with Gasteiger partial charge in [0.05, 0.1) is 6.10 Å². The topological polar surface area (TPSA) is 130 Å². The first kappa shape index (κ1) is 17.3. The monoisotopic (exact) mass is 307 g/mol. The van der Waals surface area contributed by atoms with Crippen molar-refractivity contribution in [2.24, 2.45) is 11.8 Å². The third kappa shape index (κ3) is 4.10. The van der Waals surface area contributed by atoms with Crippen LogP contribution in [0, 0.1) is 11.8 Å². The van der Waals surface area contributed by atoms with E-state index in [4.69, 9.17) is 4.74 Å². The Morgan fingerprint density at radius 1 is 1.00 bits per heavy atom. The number of hydrogen-bond donors (Lipinski definition) is 0. The van der Waals surface area contributed by atoms with Crippen molar-refractivity contribution in [3.8, 4) is 0 Å². The summed E-state index contributed by atoms with van der Waals surface area (Å²) in [5.41, 5.74) is 0. The molecular weight excluding hydrogens is 294 g/mol. The van der Waals surface area contributed by atoms with Gasteiger partial charge in [-0.3, -0.25) is 0 Å². The van der Waals surface area contributed by atoms with Crippen molar-refractivity contribution < 1.29 is 43.2 Å². The molecule has 1 aliphatic rings. The van der Waals surface area contributed by atoms with Crippen LogP contribution in [-0.2, 0) is 19.1 Å². The number of ether oxygens (including phenoxy) is 1. The minimum absolute atomic E-state index is 0.827. The van der Waals surface area contributed by atoms with E-state index in [0.29, 0.717) is 0 Å². The van der Waals surface area contributed by atoms with E-state index in [0.717, 1.165) is 0 Å². The summed E-state index contributed by atoms with van der Waals surface area (Å²) in [6.07, 6.45) is -6.22. The van der Waals surface area contributed by atoms with Gasteiger partial charge in [-0.05, 0) is 25.7 Å². The molecule has 7 nitrogen and oxygen atoms in total. The predicted octanol–water partition coefficient (Wildman–Crippen LogP) is -2.94. The standard InChI is InChI=1S/C12H16F2O7/c1-5-6(2-9(15)16)7(3-10(17)18)12(13,14)8(21-5)4-11(19)20/h5-8H,2-4H2,1H3,(H,15,16)(H,17,18)(H,19,20)/p-3/t5-,6-,7+,8+/m0/s1. The first-order valence-electron chi connectivity index (χ1n) is 6.18. The van der Waals surface area contributed by atoms with E-state index in [1.54, 1.807) is 0 Å². The van der Waals surface area contributed by atoms with Crippen molar-refractivity contribution in [3.05, 3.63) is 0 Å². The van der Waals surface area contributed by atoms with Gasteiger partial charge in [-0.15, -0.1) is 0 Å². The summed E-state index contributed by atoms with van der Waals surface area (Å²) in [6.45, 7) is 1.27. The fraction of sp³-hybridized carbons (Fsp3) is 0.750. The maximum absolute atomic E-state index is 14.2. The van der Waals surface area contributed by atoms with Gasteiger partial charge in [-0.2, -0.15) is 0 Å². The van der Waals surface area contributed by atoms with Crippen molar-refractivity contribution in [2.75, 3.05) is 0 Å². The van der Waals surface area contributed by atoms with Crippen LogP contribution in [0.25, 0.3) is 0 Å². The average Bonchev–Trinajstić information content (AvgIpc) is 2.29. The fourth-order valence-corrected chi connectivity index (χ4v) is 2.61. The molecule has 0 spiro atoms. The molecule has 0 saturated carbocycles. The molecule has 0 aromatic carbocycles. The zero-order valence-electron chi connectivity index (χ0n) is 11.0. The lowest BCUT2D eigenvalue weighted by Gasteiger charge is -2.46. The van der Waals surface area contributed by atoms with Gasteiger partial charge in [0.25, 0.3) is 5.92 Å². The van der Waals surface area contributed by atoms with Crippen LogP contribution < -0.4 is 15.3 Å². The van der Waals surface area contributed by atoms with Gasteiger partial charge in [0.15, 0.2) is 0 Å². The molecular formula is C12H13F2O7-3. The second-order valence-electron chi connectivity index (χ2n) is 5.00. The van der Waals surface area contributed by atoms with E-state index in [-0.39, 0.29) is 0 Å². The summed E-state index contributed by atoms with van der Waals surface area (Å²) in [7, 11) is 0. The van der Waals surface area contributed by atoms with Crippen LogP contribution in [0.5, 0.6) is 0 Å². The van der Waals surface area contributed by atoms with Crippen LogP contribution in [0.15, 0.2) is 0 Å². The molecule has 1 aliphatic heterocycles. The van der Waals surface area contributed by atoms with Crippen molar-refractivity contribution in [1.29, 1.82) is 0 Å². The van der Waals surface area contributed by atoms with Crippen LogP contribution in [0.3, 0.4) is 0 Å². The molecule has 0 radical (unpaired) electrons. The van der Waals surface area contributed by atoms with Crippen LogP contribution in [0.2, 0.25) is 0 Å². The number of rotatable bonds is 6. The normalized spacial score (nSPS) is 31.6. The average molecular weight is 307 g/mol. The van der Waals surface area contributed by atoms with Crippen LogP contribution in [-0.4, -0.2) is 36.0 Å². The third-order valence-electron chi connectivity index (χ3n) is 3.56. The van der Waals surface area contributed by atoms with E-state index < -0.39 is 67.1 Å². The number of alkyl halides is 2. The highest BCUT2D eigenvalue weighted by atomic mass is 19.3. The molecule has 0 unspecified atom stereocenters. The second kappa shape index (κ2) is 6.33. The Morgan fingerprint density at radius 3 is 1.90 bits per heavy atom. The zero-order valence-corrected chi connectivity index (χ0v) is 11.0. The van der Waals surface area contributed by atoms with Crippen LogP contribution >= 0.6 is 0 Å². The SMILES string of the molecule is C[C@@H]1O[C@H](CC(=O)[O-])C(F)(F)[C@H](CC(=O)[O-])[C@H]1CC(=O)[O-]. The molecule has 120 valence electrons. The van der Waals surface area contributed by atoms with Gasteiger partial charge in [0.1, 0.15) is 6.10 Å². The molecule has 1 saturated heterocycles. The fourth-order valence-electron chi connectivity index (χ4n) is 2.61. The molecule has 4 atom stereocenters. The maximum Gasteiger partial charge on any atom is 0.277 e. The number of carboxylic acid groups (broad SMARTS) is 3. The quantitative estimate of drug-likeness (QED) is 0.513. The van der Waals surface area contributed by atoms with Crippen LogP contribution in [0.4, 0.5) is 8.78 Å². The van der Waals surface area contributed by atoms with E-state index >= 15 is 0 Å². The molecule has 9 heteroatoms. The van der Waals surface area contributed by atoms with Gasteiger partial charge >= 0.3 is 0 Å². The molecule has 0 N–H and O–H groups in total. The van der Waals surface area contributed by atoms with E-state index in [1.165, 1.54) is 6.92 Å². The van der Waals surface area contributed by atoms with E-state index in [9.17, 15) is 38.5 Å². The summed E-state index contributed by atoms with van der Waals surface area (Å²) < 4.78 is 33.3. The Labute approximate surface area is 118 Å². The van der Waals surface area contributed by atoms with Crippen molar-refractivity contribution in [2.45, 2.75) is 44.3 Å². The number of aliphatic carboxylic acids is 3. The number of carbonyl (C=O) groups excluding carboxylic acids is 3. The first-order valence-corrected chi connectivity index (χ1v) is 6.18. The Morgan fingerprint density at radius 2 is 1.48 bits per heavy atom. The maximum atomic E-state index is 14.2. The molecule has 0 amide bonds.